The van der Waals surface area contributed by atoms with Crippen LogP contribution in [0.3, 0.4) is 0 Å². The van der Waals surface area contributed by atoms with Gasteiger partial charge in [-0.05, 0) is 37.5 Å². The van der Waals surface area contributed by atoms with Crippen LogP contribution < -0.4 is 5.32 Å². The minimum absolute atomic E-state index is 0.281. The Morgan fingerprint density at radius 3 is 2.79 bits per heavy atom. The maximum Gasteiger partial charge on any atom is 0.124 e. The van der Waals surface area contributed by atoms with Crippen molar-refractivity contribution < 1.29 is 4.39 Å². The first kappa shape index (κ1) is 9.94. The molecule has 0 aromatic heterocycles. The van der Waals surface area contributed by atoms with Gasteiger partial charge in [-0.2, -0.15) is 0 Å². The average Bonchev–Trinajstić information content (AvgIpc) is 2.83. The Kier molecular flexibility index (Phi) is 2.50. The number of rotatable bonds is 3. The molecule has 0 saturated heterocycles. The lowest BCUT2D eigenvalue weighted by atomic mass is 10.2. The third kappa shape index (κ3) is 2.25. The summed E-state index contributed by atoms with van der Waals surface area (Å²) in [7, 11) is 0. The van der Waals surface area contributed by atoms with E-state index in [1.54, 1.807) is 6.07 Å². The van der Waals surface area contributed by atoms with Crippen LogP contribution in [0.15, 0.2) is 18.2 Å². The number of halogens is 2. The van der Waals surface area contributed by atoms with Crippen LogP contribution in [-0.4, -0.2) is 5.54 Å². The molecule has 0 amide bonds. The summed E-state index contributed by atoms with van der Waals surface area (Å²) in [6, 6.07) is 4.53. The molecule has 3 heteroatoms. The van der Waals surface area contributed by atoms with E-state index >= 15 is 0 Å². The van der Waals surface area contributed by atoms with Gasteiger partial charge in [0.15, 0.2) is 0 Å². The summed E-state index contributed by atoms with van der Waals surface area (Å²) < 4.78 is 12.7. The first-order chi connectivity index (χ1) is 6.59. The third-order valence-corrected chi connectivity index (χ3v) is 3.07. The van der Waals surface area contributed by atoms with Gasteiger partial charge >= 0.3 is 0 Å². The average molecular weight is 214 g/mol. The maximum atomic E-state index is 12.7. The molecule has 76 valence electrons. The molecule has 0 radical (unpaired) electrons. The van der Waals surface area contributed by atoms with Crippen molar-refractivity contribution in [2.24, 2.45) is 0 Å². The van der Waals surface area contributed by atoms with E-state index in [9.17, 15) is 4.39 Å². The summed E-state index contributed by atoms with van der Waals surface area (Å²) in [6.07, 6.45) is 2.43. The van der Waals surface area contributed by atoms with E-state index < -0.39 is 0 Å². The Morgan fingerprint density at radius 2 is 2.21 bits per heavy atom. The highest BCUT2D eigenvalue weighted by molar-refractivity contribution is 6.31. The minimum Gasteiger partial charge on any atom is -0.307 e. The zero-order valence-electron chi connectivity index (χ0n) is 8.11. The standard InChI is InChI=1S/C11H13ClFN/c1-11(4-5-11)14-7-8-2-3-9(13)6-10(8)12/h2-3,6,14H,4-5,7H2,1H3. The van der Waals surface area contributed by atoms with Crippen molar-refractivity contribution in [1.82, 2.24) is 5.32 Å². The van der Waals surface area contributed by atoms with Crippen molar-refractivity contribution in [2.75, 3.05) is 0 Å². The molecule has 0 bridgehead atoms. The van der Waals surface area contributed by atoms with Gasteiger partial charge in [0.2, 0.25) is 0 Å². The molecular weight excluding hydrogens is 201 g/mol. The fraction of sp³-hybridized carbons (Fsp3) is 0.455. The molecule has 0 heterocycles. The van der Waals surface area contributed by atoms with Crippen LogP contribution in [-0.2, 0) is 6.54 Å². The Balaban J connectivity index is 2.02. The van der Waals surface area contributed by atoms with Crippen LogP contribution in [0.1, 0.15) is 25.3 Å². The summed E-state index contributed by atoms with van der Waals surface area (Å²) in [5.74, 6) is -0.281. The number of hydrogen-bond donors (Lipinski definition) is 1. The highest BCUT2D eigenvalue weighted by Gasteiger charge is 2.36. The van der Waals surface area contributed by atoms with Crippen LogP contribution in [0.2, 0.25) is 5.02 Å². The fourth-order valence-corrected chi connectivity index (χ4v) is 1.57. The predicted molar refractivity (Wildman–Crippen MR) is 55.9 cm³/mol. The van der Waals surface area contributed by atoms with Gasteiger partial charge in [0.05, 0.1) is 0 Å². The summed E-state index contributed by atoms with van der Waals surface area (Å²) in [5, 5.41) is 3.90. The molecule has 1 fully saturated rings. The lowest BCUT2D eigenvalue weighted by Gasteiger charge is -2.12. The second kappa shape index (κ2) is 3.52. The molecule has 0 spiro atoms. The van der Waals surface area contributed by atoms with Crippen molar-refractivity contribution in [1.29, 1.82) is 0 Å². The normalized spacial score (nSPS) is 18.2. The van der Waals surface area contributed by atoms with E-state index in [2.05, 4.69) is 12.2 Å². The van der Waals surface area contributed by atoms with E-state index in [4.69, 9.17) is 11.6 Å². The number of nitrogens with one attached hydrogen (secondary N) is 1. The Morgan fingerprint density at radius 1 is 1.50 bits per heavy atom. The van der Waals surface area contributed by atoms with Crippen LogP contribution in [0.25, 0.3) is 0 Å². The van der Waals surface area contributed by atoms with Crippen LogP contribution >= 0.6 is 11.6 Å². The highest BCUT2D eigenvalue weighted by atomic mass is 35.5. The van der Waals surface area contributed by atoms with Gasteiger partial charge in [-0.1, -0.05) is 17.7 Å². The van der Waals surface area contributed by atoms with Crippen molar-refractivity contribution in [2.45, 2.75) is 31.8 Å². The summed E-state index contributed by atoms with van der Waals surface area (Å²) >= 11 is 5.90. The van der Waals surface area contributed by atoms with Crippen LogP contribution in [0.4, 0.5) is 4.39 Å². The van der Waals surface area contributed by atoms with Gasteiger partial charge < -0.3 is 5.32 Å². The lowest BCUT2D eigenvalue weighted by molar-refractivity contribution is 0.537. The summed E-state index contributed by atoms with van der Waals surface area (Å²) in [5.41, 5.74) is 1.25. The SMILES string of the molecule is CC1(NCc2ccc(F)cc2Cl)CC1. The van der Waals surface area contributed by atoms with Gasteiger partial charge in [-0.15, -0.1) is 0 Å². The van der Waals surface area contributed by atoms with Gasteiger partial charge in [0.1, 0.15) is 5.82 Å². The monoisotopic (exact) mass is 213 g/mol. The highest BCUT2D eigenvalue weighted by Crippen LogP contribution is 2.34. The molecule has 1 saturated carbocycles. The maximum absolute atomic E-state index is 12.7. The topological polar surface area (TPSA) is 12.0 Å². The van der Waals surface area contributed by atoms with Gasteiger partial charge in [0, 0.05) is 17.1 Å². The van der Waals surface area contributed by atoms with Crippen molar-refractivity contribution in [3.8, 4) is 0 Å². The zero-order valence-corrected chi connectivity index (χ0v) is 8.87. The van der Waals surface area contributed by atoms with Crippen LogP contribution in [0, 0.1) is 5.82 Å². The third-order valence-electron chi connectivity index (χ3n) is 2.72. The number of hydrogen-bond acceptors (Lipinski definition) is 1. The molecule has 1 aliphatic rings. The molecule has 1 nitrogen and oxygen atoms in total. The minimum atomic E-state index is -0.281. The van der Waals surface area contributed by atoms with E-state index in [1.165, 1.54) is 25.0 Å². The second-order valence-corrected chi connectivity index (χ2v) is 4.56. The summed E-state index contributed by atoms with van der Waals surface area (Å²) in [4.78, 5) is 0. The molecule has 14 heavy (non-hydrogen) atoms. The van der Waals surface area contributed by atoms with E-state index in [0.717, 1.165) is 12.1 Å². The molecular formula is C11H13ClFN. The summed E-state index contributed by atoms with van der Waals surface area (Å²) in [6.45, 7) is 2.90. The predicted octanol–water partition coefficient (Wildman–Crippen LogP) is 3.12. The van der Waals surface area contributed by atoms with Crippen LogP contribution in [0.5, 0.6) is 0 Å². The van der Waals surface area contributed by atoms with E-state index in [-0.39, 0.29) is 11.4 Å². The van der Waals surface area contributed by atoms with E-state index in [0.29, 0.717) is 5.02 Å². The first-order valence-electron chi connectivity index (χ1n) is 4.78. The molecule has 1 aromatic carbocycles. The molecule has 2 rings (SSSR count). The molecule has 1 N–H and O–H groups in total. The Bertz CT molecular complexity index is 347. The quantitative estimate of drug-likeness (QED) is 0.814. The first-order valence-corrected chi connectivity index (χ1v) is 5.16. The smallest absolute Gasteiger partial charge is 0.124 e. The second-order valence-electron chi connectivity index (χ2n) is 4.15. The molecule has 1 aliphatic carbocycles. The Hall–Kier alpha value is -0.600. The Labute approximate surface area is 88.3 Å². The van der Waals surface area contributed by atoms with Crippen molar-refractivity contribution >= 4 is 11.6 Å². The van der Waals surface area contributed by atoms with Gasteiger partial charge in [-0.25, -0.2) is 4.39 Å². The van der Waals surface area contributed by atoms with Gasteiger partial charge in [-0.3, -0.25) is 0 Å². The largest absolute Gasteiger partial charge is 0.307 e. The van der Waals surface area contributed by atoms with Crippen molar-refractivity contribution in [3.63, 3.8) is 0 Å². The number of benzene rings is 1. The molecule has 1 aromatic rings. The zero-order chi connectivity index (χ0) is 10.2. The molecule has 0 unspecified atom stereocenters. The van der Waals surface area contributed by atoms with Gasteiger partial charge in [0.25, 0.3) is 0 Å². The fourth-order valence-electron chi connectivity index (χ4n) is 1.34. The van der Waals surface area contributed by atoms with E-state index in [1.807, 2.05) is 0 Å². The van der Waals surface area contributed by atoms with Crippen molar-refractivity contribution in [3.05, 3.63) is 34.6 Å². The molecule has 0 atom stereocenters. The molecule has 0 aliphatic heterocycles. The lowest BCUT2D eigenvalue weighted by Crippen LogP contribution is -2.27.